The lowest BCUT2D eigenvalue weighted by Gasteiger charge is -2.31. The van der Waals surface area contributed by atoms with Gasteiger partial charge < -0.3 is 25.9 Å². The number of aliphatic hydroxyl groups is 1. The van der Waals surface area contributed by atoms with Crippen molar-refractivity contribution >= 4 is 34.1 Å². The number of benzene rings is 2. The molecule has 0 spiro atoms. The van der Waals surface area contributed by atoms with Gasteiger partial charge in [-0.1, -0.05) is 17.7 Å². The second-order valence-electron chi connectivity index (χ2n) is 8.35. The number of aromatic nitrogens is 3. The number of nitrogens with two attached hydrogens (primary N) is 1. The van der Waals surface area contributed by atoms with Crippen LogP contribution in [0.3, 0.4) is 0 Å². The Kier molecular flexibility index (Phi) is 6.48. The van der Waals surface area contributed by atoms with Crippen LogP contribution in [0.1, 0.15) is 5.56 Å². The largest absolute Gasteiger partial charge is 0.412 e. The van der Waals surface area contributed by atoms with Crippen LogP contribution in [0, 0.1) is 5.82 Å². The number of nitrogen functional groups attached to an aromatic ring is 1. The molecule has 0 aliphatic carbocycles. The van der Waals surface area contributed by atoms with E-state index in [1.165, 1.54) is 31.4 Å². The summed E-state index contributed by atoms with van der Waals surface area (Å²) in [6.07, 6.45) is 0. The minimum Gasteiger partial charge on any atom is -0.412 e. The molecule has 9 nitrogen and oxygen atoms in total. The van der Waals surface area contributed by atoms with E-state index < -0.39 is 11.4 Å². The number of hydrogen-bond donors (Lipinski definition) is 3. The van der Waals surface area contributed by atoms with Gasteiger partial charge in [0.1, 0.15) is 18.7 Å². The van der Waals surface area contributed by atoms with Gasteiger partial charge in [-0.15, -0.1) is 4.73 Å². The highest BCUT2D eigenvalue weighted by Gasteiger charge is 2.21. The second kappa shape index (κ2) is 9.73. The summed E-state index contributed by atoms with van der Waals surface area (Å²) in [7, 11) is 1.30. The van der Waals surface area contributed by atoms with Crippen molar-refractivity contribution in [3.05, 3.63) is 69.2 Å². The standard InChI is InChI=1S/C25H24ClFN6O3/c1-36-33-24-17(12-16(25(33)35)21-18(26)3-2-4-19(21)27)22(28)30-23(31-24)14-5-6-20(15(11-14)13-34)32-9-7-29-8-10-32/h2-6,11-12,29,34H,7-10,13H2,1H3,(H2,28,30,31). The van der Waals surface area contributed by atoms with Crippen molar-refractivity contribution < 1.29 is 14.3 Å². The second-order valence-corrected chi connectivity index (χ2v) is 8.75. The molecule has 0 unspecified atom stereocenters. The van der Waals surface area contributed by atoms with Crippen molar-refractivity contribution in [2.45, 2.75) is 6.61 Å². The van der Waals surface area contributed by atoms with E-state index in [4.69, 9.17) is 22.2 Å². The van der Waals surface area contributed by atoms with E-state index in [9.17, 15) is 14.3 Å². The summed E-state index contributed by atoms with van der Waals surface area (Å²) in [5.74, 6) is -0.325. The van der Waals surface area contributed by atoms with Gasteiger partial charge in [-0.2, -0.15) is 0 Å². The number of aliphatic hydroxyl groups excluding tert-OH is 1. The van der Waals surface area contributed by atoms with Crippen LogP contribution < -0.4 is 26.3 Å². The first kappa shape index (κ1) is 24.0. The molecule has 1 aliphatic rings. The summed E-state index contributed by atoms with van der Waals surface area (Å²) in [5, 5.41) is 13.7. The van der Waals surface area contributed by atoms with E-state index in [2.05, 4.69) is 20.2 Å². The molecule has 3 heterocycles. The molecular formula is C25H24ClFN6O3. The zero-order chi connectivity index (χ0) is 25.4. The molecule has 2 aromatic heterocycles. The Hall–Kier alpha value is -3.73. The van der Waals surface area contributed by atoms with Crippen molar-refractivity contribution in [1.82, 2.24) is 20.0 Å². The van der Waals surface area contributed by atoms with E-state index in [1.54, 1.807) is 6.07 Å². The molecule has 1 saturated heterocycles. The Morgan fingerprint density at radius 2 is 1.97 bits per heavy atom. The normalized spacial score (nSPS) is 13.8. The van der Waals surface area contributed by atoms with Gasteiger partial charge in [0.05, 0.1) is 22.6 Å². The quantitative estimate of drug-likeness (QED) is 0.375. The van der Waals surface area contributed by atoms with E-state index in [0.29, 0.717) is 10.9 Å². The molecule has 11 heteroatoms. The monoisotopic (exact) mass is 510 g/mol. The summed E-state index contributed by atoms with van der Waals surface area (Å²) in [6, 6.07) is 11.2. The molecule has 0 amide bonds. The lowest BCUT2D eigenvalue weighted by Crippen LogP contribution is -2.43. The molecule has 4 N–H and O–H groups in total. The summed E-state index contributed by atoms with van der Waals surface area (Å²) in [4.78, 5) is 29.8. The van der Waals surface area contributed by atoms with Gasteiger partial charge in [-0.3, -0.25) is 4.79 Å². The Bertz CT molecular complexity index is 1500. The van der Waals surface area contributed by atoms with Crippen LogP contribution in [-0.4, -0.2) is 53.1 Å². The van der Waals surface area contributed by atoms with Crippen LogP contribution in [0.5, 0.6) is 0 Å². The topological polar surface area (TPSA) is 119 Å². The smallest absolute Gasteiger partial charge is 0.293 e. The van der Waals surface area contributed by atoms with Crippen LogP contribution in [0.2, 0.25) is 5.02 Å². The first-order valence-corrected chi connectivity index (χ1v) is 11.7. The van der Waals surface area contributed by atoms with Gasteiger partial charge in [0, 0.05) is 48.6 Å². The van der Waals surface area contributed by atoms with Crippen LogP contribution in [0.15, 0.2) is 47.3 Å². The number of fused-ring (bicyclic) bond motifs is 1. The van der Waals surface area contributed by atoms with Crippen LogP contribution in [0.25, 0.3) is 33.5 Å². The van der Waals surface area contributed by atoms with Gasteiger partial charge >= 0.3 is 0 Å². The average molecular weight is 511 g/mol. The highest BCUT2D eigenvalue weighted by molar-refractivity contribution is 6.33. The molecule has 2 aromatic carbocycles. The number of rotatable bonds is 5. The molecule has 186 valence electrons. The number of nitrogens with zero attached hydrogens (tertiary/aromatic N) is 4. The number of anilines is 2. The predicted octanol–water partition coefficient (Wildman–Crippen LogP) is 2.46. The summed E-state index contributed by atoms with van der Waals surface area (Å²) in [5.41, 5.74) is 7.97. The van der Waals surface area contributed by atoms with E-state index >= 15 is 0 Å². The number of halogens is 2. The minimum atomic E-state index is -0.654. The van der Waals surface area contributed by atoms with E-state index in [-0.39, 0.29) is 40.0 Å². The maximum absolute atomic E-state index is 14.6. The molecule has 1 fully saturated rings. The molecule has 0 radical (unpaired) electrons. The SMILES string of the molecule is COn1c(=O)c(-c2c(F)cccc2Cl)cc2c(N)nc(-c3ccc(N4CCNCC4)c(CO)c3)nc21. The molecule has 1 aliphatic heterocycles. The van der Waals surface area contributed by atoms with Gasteiger partial charge in [0.2, 0.25) is 0 Å². The maximum atomic E-state index is 14.6. The van der Waals surface area contributed by atoms with Crippen molar-refractivity contribution in [2.24, 2.45) is 0 Å². The Morgan fingerprint density at radius 3 is 2.67 bits per heavy atom. The number of piperazine rings is 1. The minimum absolute atomic E-state index is 0.0292. The van der Waals surface area contributed by atoms with Gasteiger partial charge in [0.15, 0.2) is 11.5 Å². The highest BCUT2D eigenvalue weighted by atomic mass is 35.5. The van der Waals surface area contributed by atoms with Crippen LogP contribution in [-0.2, 0) is 6.61 Å². The third-order valence-corrected chi connectivity index (χ3v) is 6.55. The van der Waals surface area contributed by atoms with Gasteiger partial charge in [-0.05, 0) is 36.4 Å². The predicted molar refractivity (Wildman–Crippen MR) is 138 cm³/mol. The molecule has 0 saturated carbocycles. The number of hydrogen-bond acceptors (Lipinski definition) is 8. The Balaban J connectivity index is 1.66. The van der Waals surface area contributed by atoms with Crippen LogP contribution in [0.4, 0.5) is 15.9 Å². The zero-order valence-corrected chi connectivity index (χ0v) is 20.2. The van der Waals surface area contributed by atoms with Crippen molar-refractivity contribution in [1.29, 1.82) is 0 Å². The fourth-order valence-electron chi connectivity index (χ4n) is 4.48. The molecule has 0 atom stereocenters. The Morgan fingerprint density at radius 1 is 1.19 bits per heavy atom. The zero-order valence-electron chi connectivity index (χ0n) is 19.5. The van der Waals surface area contributed by atoms with Crippen LogP contribution >= 0.6 is 11.6 Å². The molecule has 4 aromatic rings. The summed E-state index contributed by atoms with van der Waals surface area (Å²) >= 11 is 6.21. The van der Waals surface area contributed by atoms with Gasteiger partial charge in [0.25, 0.3) is 5.56 Å². The lowest BCUT2D eigenvalue weighted by atomic mass is 10.0. The van der Waals surface area contributed by atoms with E-state index in [0.717, 1.165) is 42.2 Å². The highest BCUT2D eigenvalue weighted by Crippen LogP contribution is 2.32. The molecule has 0 bridgehead atoms. The maximum Gasteiger partial charge on any atom is 0.293 e. The van der Waals surface area contributed by atoms with E-state index in [1.807, 2.05) is 12.1 Å². The molecular weight excluding hydrogens is 487 g/mol. The number of pyridine rings is 1. The fraction of sp³-hybridized carbons (Fsp3) is 0.240. The first-order chi connectivity index (χ1) is 17.4. The van der Waals surface area contributed by atoms with Gasteiger partial charge in [-0.25, -0.2) is 14.4 Å². The summed E-state index contributed by atoms with van der Waals surface area (Å²) in [6.45, 7) is 3.24. The van der Waals surface area contributed by atoms with Crippen molar-refractivity contribution in [3.63, 3.8) is 0 Å². The van der Waals surface area contributed by atoms with Crippen molar-refractivity contribution in [2.75, 3.05) is 43.9 Å². The third kappa shape index (κ3) is 4.13. The summed E-state index contributed by atoms with van der Waals surface area (Å²) < 4.78 is 15.6. The molecule has 5 rings (SSSR count). The lowest BCUT2D eigenvalue weighted by molar-refractivity contribution is 0.168. The fourth-order valence-corrected chi connectivity index (χ4v) is 4.74. The number of nitrogens with one attached hydrogen (secondary N) is 1. The third-order valence-electron chi connectivity index (χ3n) is 6.23. The first-order valence-electron chi connectivity index (χ1n) is 11.3. The Labute approximate surface area is 210 Å². The average Bonchev–Trinajstić information content (AvgIpc) is 2.89. The molecule has 36 heavy (non-hydrogen) atoms. The van der Waals surface area contributed by atoms with Crippen molar-refractivity contribution in [3.8, 4) is 22.5 Å².